The molecule has 8 nitrogen and oxygen atoms in total. The molecule has 0 aliphatic heterocycles. The molecule has 0 atom stereocenters. The molecule has 25 heavy (non-hydrogen) atoms. The van der Waals surface area contributed by atoms with E-state index in [1.54, 1.807) is 0 Å². The number of carbonyl (C=O) groups excluding carboxylic acids is 1. The van der Waals surface area contributed by atoms with Gasteiger partial charge in [-0.15, -0.1) is 0 Å². The van der Waals surface area contributed by atoms with E-state index in [-0.39, 0.29) is 23.5 Å². The van der Waals surface area contributed by atoms with Crippen LogP contribution in [0.2, 0.25) is 0 Å². The second-order valence-corrected chi connectivity index (χ2v) is 6.26. The van der Waals surface area contributed by atoms with Crippen molar-refractivity contribution in [1.29, 1.82) is 0 Å². The van der Waals surface area contributed by atoms with E-state index in [9.17, 15) is 14.4 Å². The Hall–Kier alpha value is -2.68. The molecule has 0 aliphatic carbocycles. The van der Waals surface area contributed by atoms with Crippen LogP contribution in [-0.4, -0.2) is 25.0 Å². The van der Waals surface area contributed by atoms with Gasteiger partial charge in [-0.25, -0.2) is 9.78 Å². The first-order valence-electron chi connectivity index (χ1n) is 7.69. The zero-order chi connectivity index (χ0) is 18.0. The molecule has 9 heteroatoms. The molecule has 0 fully saturated rings. The van der Waals surface area contributed by atoms with E-state index in [1.807, 2.05) is 35.8 Å². The normalized spacial score (nSPS) is 11.0. The lowest BCUT2D eigenvalue weighted by Crippen LogP contribution is -2.36. The predicted octanol–water partition coefficient (Wildman–Crippen LogP) is 0.985. The third kappa shape index (κ3) is 3.55. The molecule has 0 aliphatic rings. The number of fused-ring (bicyclic) bond motifs is 1. The number of hydrogen-bond acceptors (Lipinski definition) is 4. The Morgan fingerprint density at radius 2 is 2.08 bits per heavy atom. The maximum Gasteiger partial charge on any atom is 0.328 e. The summed E-state index contributed by atoms with van der Waals surface area (Å²) in [5.74, 6) is 0.391. The summed E-state index contributed by atoms with van der Waals surface area (Å²) in [7, 11) is 0. The number of hydrogen-bond donors (Lipinski definition) is 2. The quantitative estimate of drug-likeness (QED) is 0.660. The molecule has 2 aromatic heterocycles. The molecule has 0 bridgehead atoms. The summed E-state index contributed by atoms with van der Waals surface area (Å²) in [6.07, 6.45) is 1.29. The van der Waals surface area contributed by atoms with Gasteiger partial charge in [0.25, 0.3) is 5.56 Å². The molecule has 0 saturated carbocycles. The molecule has 0 saturated heterocycles. The summed E-state index contributed by atoms with van der Waals surface area (Å²) in [4.78, 5) is 41.8. The van der Waals surface area contributed by atoms with Crippen LogP contribution < -0.4 is 16.6 Å². The lowest BCUT2D eigenvalue weighted by atomic mass is 10.3. The summed E-state index contributed by atoms with van der Waals surface area (Å²) >= 11 is 3.04. The van der Waals surface area contributed by atoms with Gasteiger partial charge in [-0.1, -0.05) is 12.1 Å². The zero-order valence-corrected chi connectivity index (χ0v) is 15.0. The second kappa shape index (κ2) is 7.06. The number of aromatic nitrogens is 4. The van der Waals surface area contributed by atoms with Gasteiger partial charge in [0.1, 0.15) is 12.4 Å². The number of halogens is 1. The number of benzene rings is 1. The summed E-state index contributed by atoms with van der Waals surface area (Å²) in [5.41, 5.74) is 0.715. The summed E-state index contributed by atoms with van der Waals surface area (Å²) in [5, 5.41) is 2.76. The van der Waals surface area contributed by atoms with E-state index in [4.69, 9.17) is 0 Å². The van der Waals surface area contributed by atoms with Gasteiger partial charge in [0.2, 0.25) is 5.91 Å². The number of rotatable bonds is 5. The van der Waals surface area contributed by atoms with Gasteiger partial charge in [0.05, 0.1) is 22.1 Å². The van der Waals surface area contributed by atoms with Crippen molar-refractivity contribution in [1.82, 2.24) is 24.4 Å². The van der Waals surface area contributed by atoms with Crippen LogP contribution >= 0.6 is 15.9 Å². The Balaban J connectivity index is 1.74. The smallest absolute Gasteiger partial charge is 0.328 e. The van der Waals surface area contributed by atoms with Crippen molar-refractivity contribution in [2.45, 2.75) is 26.6 Å². The minimum Gasteiger partial charge on any atom is -0.347 e. The van der Waals surface area contributed by atoms with Crippen LogP contribution in [-0.2, 0) is 24.4 Å². The standard InChI is InChI=1S/C16H16BrN5O3/c1-2-22-12-6-4-3-5-11(12)19-13(22)7-18-14(23)9-21-8-10(17)15(24)20-16(21)25/h3-6,8H,2,7,9H2,1H3,(H,18,23)(H,20,24,25). The summed E-state index contributed by atoms with van der Waals surface area (Å²) in [6, 6.07) is 7.76. The monoisotopic (exact) mass is 405 g/mol. The fraction of sp³-hybridized carbons (Fsp3) is 0.250. The highest BCUT2D eigenvalue weighted by molar-refractivity contribution is 9.10. The number of nitrogens with one attached hydrogen (secondary N) is 2. The van der Waals surface area contributed by atoms with E-state index >= 15 is 0 Å². The van der Waals surface area contributed by atoms with Gasteiger partial charge in [0, 0.05) is 12.7 Å². The lowest BCUT2D eigenvalue weighted by Gasteiger charge is -2.09. The number of imidazole rings is 1. The molecular formula is C16H16BrN5O3. The maximum absolute atomic E-state index is 12.1. The largest absolute Gasteiger partial charge is 0.347 e. The molecule has 3 aromatic rings. The molecule has 3 rings (SSSR count). The SMILES string of the molecule is CCn1c(CNC(=O)Cn2cc(Br)c(=O)[nH]c2=O)nc2ccccc21. The van der Waals surface area contributed by atoms with Gasteiger partial charge >= 0.3 is 5.69 Å². The van der Waals surface area contributed by atoms with Crippen molar-refractivity contribution in [3.63, 3.8) is 0 Å². The minimum absolute atomic E-state index is 0.188. The van der Waals surface area contributed by atoms with E-state index in [0.717, 1.165) is 28.0 Å². The Bertz CT molecular complexity index is 1050. The molecule has 2 N–H and O–H groups in total. The molecular weight excluding hydrogens is 390 g/mol. The van der Waals surface area contributed by atoms with E-state index in [0.29, 0.717) is 0 Å². The number of amides is 1. The van der Waals surface area contributed by atoms with Gasteiger partial charge in [0.15, 0.2) is 0 Å². The molecule has 0 unspecified atom stereocenters. The number of H-pyrrole nitrogens is 1. The average Bonchev–Trinajstić information content (AvgIpc) is 2.95. The Kier molecular flexibility index (Phi) is 4.84. The van der Waals surface area contributed by atoms with Gasteiger partial charge in [-0.05, 0) is 35.0 Å². The van der Waals surface area contributed by atoms with Gasteiger partial charge in [-0.3, -0.25) is 19.1 Å². The highest BCUT2D eigenvalue weighted by Crippen LogP contribution is 2.15. The fourth-order valence-electron chi connectivity index (χ4n) is 2.60. The summed E-state index contributed by atoms with van der Waals surface area (Å²) in [6.45, 7) is 2.80. The zero-order valence-electron chi connectivity index (χ0n) is 13.5. The topological polar surface area (TPSA) is 102 Å². The fourth-order valence-corrected chi connectivity index (χ4v) is 2.95. The van der Waals surface area contributed by atoms with Crippen molar-refractivity contribution in [3.05, 3.63) is 61.6 Å². The minimum atomic E-state index is -0.635. The molecule has 130 valence electrons. The average molecular weight is 406 g/mol. The second-order valence-electron chi connectivity index (χ2n) is 5.40. The number of nitrogens with zero attached hydrogens (tertiary/aromatic N) is 3. The van der Waals surface area contributed by atoms with E-state index in [2.05, 4.69) is 31.2 Å². The van der Waals surface area contributed by atoms with Crippen LogP contribution in [0.1, 0.15) is 12.7 Å². The molecule has 1 aromatic carbocycles. The highest BCUT2D eigenvalue weighted by atomic mass is 79.9. The van der Waals surface area contributed by atoms with Crippen LogP contribution in [0.5, 0.6) is 0 Å². The summed E-state index contributed by atoms with van der Waals surface area (Å²) < 4.78 is 3.34. The number of carbonyl (C=O) groups is 1. The number of para-hydroxylation sites is 2. The van der Waals surface area contributed by atoms with Crippen molar-refractivity contribution >= 4 is 32.9 Å². The van der Waals surface area contributed by atoms with Gasteiger partial charge < -0.3 is 9.88 Å². The Labute approximate surface area is 150 Å². The molecule has 0 spiro atoms. The van der Waals surface area contributed by atoms with E-state index in [1.165, 1.54) is 6.20 Å². The maximum atomic E-state index is 12.1. The molecule has 2 heterocycles. The van der Waals surface area contributed by atoms with Crippen molar-refractivity contribution in [2.24, 2.45) is 0 Å². The first-order chi connectivity index (χ1) is 12.0. The van der Waals surface area contributed by atoms with E-state index < -0.39 is 11.2 Å². The lowest BCUT2D eigenvalue weighted by molar-refractivity contribution is -0.121. The first kappa shape index (κ1) is 17.2. The van der Waals surface area contributed by atoms with Crippen LogP contribution in [0.4, 0.5) is 0 Å². The van der Waals surface area contributed by atoms with Crippen LogP contribution in [0.25, 0.3) is 11.0 Å². The Morgan fingerprint density at radius 3 is 2.84 bits per heavy atom. The van der Waals surface area contributed by atoms with Crippen LogP contribution in [0.15, 0.2) is 44.5 Å². The number of aryl methyl sites for hydroxylation is 1. The molecule has 0 radical (unpaired) electrons. The third-order valence-corrected chi connectivity index (χ3v) is 4.34. The highest BCUT2D eigenvalue weighted by Gasteiger charge is 2.11. The van der Waals surface area contributed by atoms with Crippen molar-refractivity contribution < 1.29 is 4.79 Å². The Morgan fingerprint density at radius 1 is 1.32 bits per heavy atom. The van der Waals surface area contributed by atoms with Crippen molar-refractivity contribution in [2.75, 3.05) is 0 Å². The van der Waals surface area contributed by atoms with Crippen molar-refractivity contribution in [3.8, 4) is 0 Å². The number of aromatic amines is 1. The third-order valence-electron chi connectivity index (χ3n) is 3.77. The van der Waals surface area contributed by atoms with Gasteiger partial charge in [-0.2, -0.15) is 0 Å². The molecule has 1 amide bonds. The van der Waals surface area contributed by atoms with Crippen LogP contribution in [0.3, 0.4) is 0 Å². The predicted molar refractivity (Wildman–Crippen MR) is 96.3 cm³/mol. The van der Waals surface area contributed by atoms with Crippen LogP contribution in [0, 0.1) is 0 Å². The first-order valence-corrected chi connectivity index (χ1v) is 8.49.